The summed E-state index contributed by atoms with van der Waals surface area (Å²) in [5.41, 5.74) is 6.26. The molecule has 0 saturated carbocycles. The Balaban J connectivity index is 2.30. The Kier molecular flexibility index (Phi) is 3.25. The molecular weight excluding hydrogens is 292 g/mol. The molecule has 1 atom stereocenters. The largest absolute Gasteiger partial charge is 0.458 e. The van der Waals surface area contributed by atoms with E-state index in [1.807, 2.05) is 22.9 Å². The van der Waals surface area contributed by atoms with Gasteiger partial charge in [-0.15, -0.1) is 0 Å². The fourth-order valence-corrected chi connectivity index (χ4v) is 2.92. The molecule has 3 N–H and O–H groups in total. The zero-order chi connectivity index (χ0) is 15.0. The minimum absolute atomic E-state index is 0.0418. The van der Waals surface area contributed by atoms with E-state index in [1.54, 1.807) is 0 Å². The minimum Gasteiger partial charge on any atom is -0.458 e. The van der Waals surface area contributed by atoms with Gasteiger partial charge in [-0.1, -0.05) is 0 Å². The highest BCUT2D eigenvalue weighted by Gasteiger charge is 2.35. The molecule has 0 spiro atoms. The van der Waals surface area contributed by atoms with Gasteiger partial charge < -0.3 is 20.0 Å². The summed E-state index contributed by atoms with van der Waals surface area (Å²) in [6, 6.07) is 4.97. The van der Waals surface area contributed by atoms with E-state index in [0.29, 0.717) is 0 Å². The van der Waals surface area contributed by atoms with E-state index < -0.39 is 18.0 Å². The van der Waals surface area contributed by atoms with E-state index in [4.69, 9.17) is 14.9 Å². The first-order chi connectivity index (χ1) is 10.2. The average molecular weight is 302 g/mol. The van der Waals surface area contributed by atoms with E-state index in [0.717, 1.165) is 11.6 Å². The van der Waals surface area contributed by atoms with Crippen molar-refractivity contribution in [3.05, 3.63) is 61.7 Å². The van der Waals surface area contributed by atoms with Gasteiger partial charge in [0, 0.05) is 6.07 Å². The molecule has 0 aromatic carbocycles. The number of thiophene rings is 1. The Morgan fingerprint density at radius 1 is 1.52 bits per heavy atom. The van der Waals surface area contributed by atoms with E-state index in [-0.39, 0.29) is 28.7 Å². The lowest BCUT2D eigenvalue weighted by atomic mass is 9.89. The van der Waals surface area contributed by atoms with Gasteiger partial charge in [-0.2, -0.15) is 16.6 Å². The number of ether oxygens (including phenoxy) is 1. The van der Waals surface area contributed by atoms with Crippen LogP contribution in [0.5, 0.6) is 5.75 Å². The zero-order valence-corrected chi connectivity index (χ0v) is 11.5. The van der Waals surface area contributed by atoms with Crippen molar-refractivity contribution in [3.63, 3.8) is 0 Å². The number of nitriles is 1. The van der Waals surface area contributed by atoms with Crippen LogP contribution in [-0.4, -0.2) is 5.11 Å². The molecule has 2 aromatic rings. The number of aliphatic hydroxyl groups is 1. The Labute approximate surface area is 123 Å². The third-order valence-corrected chi connectivity index (χ3v) is 3.86. The Morgan fingerprint density at radius 2 is 2.33 bits per heavy atom. The van der Waals surface area contributed by atoms with Crippen molar-refractivity contribution < 1.29 is 14.3 Å². The molecule has 106 valence electrons. The first-order valence-electron chi connectivity index (χ1n) is 6.03. The van der Waals surface area contributed by atoms with Gasteiger partial charge in [-0.25, -0.2) is 0 Å². The number of fused-ring (bicyclic) bond motifs is 1. The van der Waals surface area contributed by atoms with E-state index >= 15 is 0 Å². The van der Waals surface area contributed by atoms with Crippen LogP contribution in [0.25, 0.3) is 0 Å². The first-order valence-corrected chi connectivity index (χ1v) is 6.97. The number of nitrogens with zero attached hydrogens (tertiary/aromatic N) is 1. The molecule has 0 unspecified atom stereocenters. The monoisotopic (exact) mass is 302 g/mol. The number of aliphatic hydroxyl groups excluding tert-OH is 1. The van der Waals surface area contributed by atoms with Crippen LogP contribution in [0.2, 0.25) is 0 Å². The fraction of sp³-hybridized carbons (Fsp3) is 0.143. The Hall–Kier alpha value is -2.56. The topological polar surface area (TPSA) is 109 Å². The summed E-state index contributed by atoms with van der Waals surface area (Å²) in [7, 11) is 0. The van der Waals surface area contributed by atoms with Crippen molar-refractivity contribution in [1.82, 2.24) is 0 Å². The van der Waals surface area contributed by atoms with Gasteiger partial charge in [-0.05, 0) is 22.4 Å². The molecule has 0 amide bonds. The molecule has 0 bridgehead atoms. The Morgan fingerprint density at radius 3 is 2.95 bits per heavy atom. The van der Waals surface area contributed by atoms with Crippen LogP contribution < -0.4 is 15.9 Å². The summed E-state index contributed by atoms with van der Waals surface area (Å²) in [6.07, 6.45) is 0. The lowest BCUT2D eigenvalue weighted by molar-refractivity contribution is 0.231. The number of nitrogens with two attached hydrogens (primary N) is 1. The highest BCUT2D eigenvalue weighted by molar-refractivity contribution is 7.08. The minimum atomic E-state index is -0.607. The standard InChI is InChI=1S/C14H10N2O4S/c15-4-9-11(7-1-2-21-6-7)13-12(20-14(9)16)10(18)3-8(5-17)19-13/h1-3,6,11,17H,5,16H2/t11-/m1/s1. The van der Waals surface area contributed by atoms with Crippen molar-refractivity contribution in [2.45, 2.75) is 12.5 Å². The maximum Gasteiger partial charge on any atom is 0.228 e. The zero-order valence-electron chi connectivity index (χ0n) is 10.7. The van der Waals surface area contributed by atoms with Crippen LogP contribution in [0.3, 0.4) is 0 Å². The molecule has 0 fully saturated rings. The second kappa shape index (κ2) is 5.09. The quantitative estimate of drug-likeness (QED) is 0.868. The van der Waals surface area contributed by atoms with Crippen molar-refractivity contribution >= 4 is 11.3 Å². The summed E-state index contributed by atoms with van der Waals surface area (Å²) in [5, 5.41) is 22.2. The number of hydrogen-bond acceptors (Lipinski definition) is 7. The number of allylic oxidation sites excluding steroid dienone is 1. The second-order valence-electron chi connectivity index (χ2n) is 4.41. The van der Waals surface area contributed by atoms with Crippen LogP contribution >= 0.6 is 11.3 Å². The molecule has 0 radical (unpaired) electrons. The molecule has 2 aromatic heterocycles. The molecule has 3 rings (SSSR count). The molecule has 1 aliphatic rings. The molecule has 0 aliphatic carbocycles. The summed E-state index contributed by atoms with van der Waals surface area (Å²) in [5.74, 6) is -0.453. The fourth-order valence-electron chi connectivity index (χ4n) is 2.23. The molecule has 6 nitrogen and oxygen atoms in total. The van der Waals surface area contributed by atoms with Gasteiger partial charge >= 0.3 is 0 Å². The SMILES string of the molecule is N#CC1=C(N)Oc2c(oc(CO)cc2=O)[C@@H]1c1ccsc1. The molecule has 0 saturated heterocycles. The highest BCUT2D eigenvalue weighted by Crippen LogP contribution is 2.41. The number of rotatable bonds is 2. The van der Waals surface area contributed by atoms with Crippen LogP contribution in [0, 0.1) is 11.3 Å². The third-order valence-electron chi connectivity index (χ3n) is 3.16. The van der Waals surface area contributed by atoms with Gasteiger partial charge in [0.2, 0.25) is 17.1 Å². The average Bonchev–Trinajstić information content (AvgIpc) is 3.00. The van der Waals surface area contributed by atoms with Crippen molar-refractivity contribution in [2.75, 3.05) is 0 Å². The summed E-state index contributed by atoms with van der Waals surface area (Å²) >= 11 is 1.45. The first kappa shape index (κ1) is 13.4. The van der Waals surface area contributed by atoms with Crippen molar-refractivity contribution in [2.24, 2.45) is 5.73 Å². The van der Waals surface area contributed by atoms with Gasteiger partial charge in [0.15, 0.2) is 5.76 Å². The summed E-state index contributed by atoms with van der Waals surface area (Å²) < 4.78 is 10.8. The van der Waals surface area contributed by atoms with Gasteiger partial charge in [-0.3, -0.25) is 4.79 Å². The maximum atomic E-state index is 12.0. The maximum absolute atomic E-state index is 12.0. The van der Waals surface area contributed by atoms with Crippen LogP contribution in [0.15, 0.2) is 43.6 Å². The van der Waals surface area contributed by atoms with Crippen LogP contribution in [-0.2, 0) is 6.61 Å². The van der Waals surface area contributed by atoms with Gasteiger partial charge in [0.1, 0.15) is 24.0 Å². The van der Waals surface area contributed by atoms with Crippen LogP contribution in [0.4, 0.5) is 0 Å². The number of hydrogen-bond donors (Lipinski definition) is 2. The molecular formula is C14H10N2O4S. The normalized spacial score (nSPS) is 17.0. The third kappa shape index (κ3) is 2.11. The van der Waals surface area contributed by atoms with Gasteiger partial charge in [0.05, 0.1) is 5.92 Å². The smallest absolute Gasteiger partial charge is 0.228 e. The Bertz CT molecular complexity index is 814. The summed E-state index contributed by atoms with van der Waals surface area (Å²) in [6.45, 7) is -0.417. The van der Waals surface area contributed by atoms with E-state index in [9.17, 15) is 15.2 Å². The molecule has 3 heterocycles. The van der Waals surface area contributed by atoms with Gasteiger partial charge in [0.25, 0.3) is 0 Å². The highest BCUT2D eigenvalue weighted by atomic mass is 32.1. The van der Waals surface area contributed by atoms with E-state index in [1.165, 1.54) is 11.3 Å². The molecule has 7 heteroatoms. The van der Waals surface area contributed by atoms with Crippen molar-refractivity contribution in [3.8, 4) is 11.8 Å². The lowest BCUT2D eigenvalue weighted by Crippen LogP contribution is -2.25. The van der Waals surface area contributed by atoms with E-state index in [2.05, 4.69) is 0 Å². The second-order valence-corrected chi connectivity index (χ2v) is 5.19. The molecule has 21 heavy (non-hydrogen) atoms. The predicted octanol–water partition coefficient (Wildman–Crippen LogP) is 1.41. The predicted molar refractivity (Wildman–Crippen MR) is 74.5 cm³/mol. The summed E-state index contributed by atoms with van der Waals surface area (Å²) in [4.78, 5) is 12.0. The van der Waals surface area contributed by atoms with Crippen molar-refractivity contribution in [1.29, 1.82) is 5.26 Å². The molecule has 1 aliphatic heterocycles. The lowest BCUT2D eigenvalue weighted by Gasteiger charge is -2.23. The van der Waals surface area contributed by atoms with Crippen LogP contribution in [0.1, 0.15) is 23.0 Å².